The number of nitrogens with zero attached hydrogens (tertiary/aromatic N) is 1. The van der Waals surface area contributed by atoms with Crippen molar-refractivity contribution in [1.29, 1.82) is 0 Å². The lowest BCUT2D eigenvalue weighted by molar-refractivity contribution is 0.0864. The van der Waals surface area contributed by atoms with Gasteiger partial charge in [-0.15, -0.1) is 0 Å². The number of rotatable bonds is 7. The van der Waals surface area contributed by atoms with Crippen molar-refractivity contribution < 1.29 is 26.3 Å². The first-order valence-corrected chi connectivity index (χ1v) is 11.5. The van der Waals surface area contributed by atoms with Crippen LogP contribution in [0.1, 0.15) is 19.8 Å². The van der Waals surface area contributed by atoms with Gasteiger partial charge in [-0.1, -0.05) is 0 Å². The molecule has 1 unspecified atom stereocenters. The van der Waals surface area contributed by atoms with E-state index >= 15 is 0 Å². The molecule has 0 bridgehead atoms. The molecule has 0 saturated carbocycles. The van der Waals surface area contributed by atoms with E-state index in [9.17, 15) is 16.8 Å². The molecule has 25 heavy (non-hydrogen) atoms. The Morgan fingerprint density at radius 1 is 1.24 bits per heavy atom. The number of ether oxygens (including phenoxy) is 2. The summed E-state index contributed by atoms with van der Waals surface area (Å²) in [5.74, 6) is 0.270. The summed E-state index contributed by atoms with van der Waals surface area (Å²) in [5, 5.41) is 0. The summed E-state index contributed by atoms with van der Waals surface area (Å²) in [6.07, 6.45) is 2.70. The first-order chi connectivity index (χ1) is 11.7. The van der Waals surface area contributed by atoms with E-state index in [1.165, 1.54) is 29.6 Å². The molecule has 142 valence electrons. The Morgan fingerprint density at radius 2 is 1.96 bits per heavy atom. The highest BCUT2D eigenvalue weighted by Crippen LogP contribution is 2.31. The molecule has 1 aliphatic heterocycles. The highest BCUT2D eigenvalue weighted by molar-refractivity contribution is 7.91. The number of hydrogen-bond acceptors (Lipinski definition) is 6. The lowest BCUT2D eigenvalue weighted by Gasteiger charge is -2.32. The second kappa shape index (κ2) is 8.03. The number of sulfone groups is 1. The fourth-order valence-electron chi connectivity index (χ4n) is 2.89. The minimum Gasteiger partial charge on any atom is -0.495 e. The van der Waals surface area contributed by atoms with Crippen LogP contribution in [0.4, 0.5) is 0 Å². The maximum absolute atomic E-state index is 13.1. The van der Waals surface area contributed by atoms with Crippen LogP contribution in [0, 0.1) is 5.92 Å². The monoisotopic (exact) mass is 391 g/mol. The van der Waals surface area contributed by atoms with Crippen LogP contribution in [-0.2, 0) is 24.6 Å². The summed E-state index contributed by atoms with van der Waals surface area (Å²) in [5.41, 5.74) is 0. The Kier molecular flexibility index (Phi) is 6.47. The van der Waals surface area contributed by atoms with Gasteiger partial charge >= 0.3 is 0 Å². The average Bonchev–Trinajstić information content (AvgIpc) is 2.58. The third-order valence-electron chi connectivity index (χ3n) is 4.22. The lowest BCUT2D eigenvalue weighted by Crippen LogP contribution is -2.41. The van der Waals surface area contributed by atoms with Gasteiger partial charge in [0.2, 0.25) is 10.0 Å². The third-order valence-corrected chi connectivity index (χ3v) is 7.22. The van der Waals surface area contributed by atoms with E-state index in [0.29, 0.717) is 26.3 Å². The molecule has 7 nitrogen and oxygen atoms in total. The van der Waals surface area contributed by atoms with E-state index in [0.717, 1.165) is 19.1 Å². The molecule has 1 fully saturated rings. The fourth-order valence-corrected chi connectivity index (χ4v) is 5.35. The van der Waals surface area contributed by atoms with E-state index in [-0.39, 0.29) is 21.5 Å². The number of methoxy groups -OCH3 is 1. The Balaban J connectivity index is 2.38. The summed E-state index contributed by atoms with van der Waals surface area (Å²) >= 11 is 0. The number of benzene rings is 1. The molecule has 1 heterocycles. The Hall–Kier alpha value is -1.16. The van der Waals surface area contributed by atoms with Crippen molar-refractivity contribution in [1.82, 2.24) is 4.31 Å². The highest BCUT2D eigenvalue weighted by Gasteiger charge is 2.33. The average molecular weight is 392 g/mol. The van der Waals surface area contributed by atoms with E-state index in [1.807, 2.05) is 6.92 Å². The van der Waals surface area contributed by atoms with Crippen LogP contribution >= 0.6 is 0 Å². The molecule has 1 aromatic carbocycles. The van der Waals surface area contributed by atoms with Gasteiger partial charge in [-0.05, 0) is 43.9 Å². The second-order valence-electron chi connectivity index (χ2n) is 6.12. The molecule has 0 aliphatic carbocycles. The van der Waals surface area contributed by atoms with Gasteiger partial charge in [0.1, 0.15) is 10.6 Å². The van der Waals surface area contributed by atoms with Crippen molar-refractivity contribution >= 4 is 19.9 Å². The number of sulfonamides is 1. The molecule has 1 aromatic rings. The molecule has 0 radical (unpaired) electrons. The maximum atomic E-state index is 13.1. The predicted molar refractivity (Wildman–Crippen MR) is 94.1 cm³/mol. The smallest absolute Gasteiger partial charge is 0.246 e. The third kappa shape index (κ3) is 4.72. The fraction of sp³-hybridized carbons (Fsp3) is 0.625. The molecule has 9 heteroatoms. The molecule has 0 amide bonds. The Bertz CT molecular complexity index is 804. The van der Waals surface area contributed by atoms with Crippen LogP contribution < -0.4 is 4.74 Å². The highest BCUT2D eigenvalue weighted by atomic mass is 32.2. The van der Waals surface area contributed by atoms with Crippen LogP contribution in [0.15, 0.2) is 28.0 Å². The molecule has 0 spiro atoms. The minimum atomic E-state index is -3.86. The number of piperidine rings is 1. The van der Waals surface area contributed by atoms with Crippen molar-refractivity contribution in [2.75, 3.05) is 39.7 Å². The topological polar surface area (TPSA) is 90.0 Å². The van der Waals surface area contributed by atoms with Gasteiger partial charge in [0.05, 0.1) is 18.6 Å². The van der Waals surface area contributed by atoms with Gasteiger partial charge in [-0.2, -0.15) is 4.31 Å². The van der Waals surface area contributed by atoms with Crippen molar-refractivity contribution in [3.05, 3.63) is 18.2 Å². The zero-order valence-electron chi connectivity index (χ0n) is 14.8. The summed E-state index contributed by atoms with van der Waals surface area (Å²) in [6.45, 7) is 3.77. The van der Waals surface area contributed by atoms with Crippen LogP contribution in [0.2, 0.25) is 0 Å². The van der Waals surface area contributed by atoms with Crippen molar-refractivity contribution in [3.8, 4) is 5.75 Å². The van der Waals surface area contributed by atoms with Gasteiger partial charge in [-0.25, -0.2) is 16.8 Å². The van der Waals surface area contributed by atoms with Crippen LogP contribution in [0.25, 0.3) is 0 Å². The normalized spacial score (nSPS) is 19.7. The van der Waals surface area contributed by atoms with Gasteiger partial charge in [0.15, 0.2) is 9.84 Å². The van der Waals surface area contributed by atoms with Gasteiger partial charge < -0.3 is 9.47 Å². The molecule has 0 aromatic heterocycles. The first kappa shape index (κ1) is 20.2. The predicted octanol–water partition coefficient (Wildman–Crippen LogP) is 1.54. The van der Waals surface area contributed by atoms with E-state index in [1.54, 1.807) is 0 Å². The lowest BCUT2D eigenvalue weighted by atomic mass is 10.0. The van der Waals surface area contributed by atoms with E-state index in [4.69, 9.17) is 9.47 Å². The Morgan fingerprint density at radius 3 is 2.56 bits per heavy atom. The van der Waals surface area contributed by atoms with Gasteiger partial charge in [0, 0.05) is 26.0 Å². The molecular weight excluding hydrogens is 366 g/mol. The second-order valence-corrected chi connectivity index (χ2v) is 10.0. The summed E-state index contributed by atoms with van der Waals surface area (Å²) in [4.78, 5) is -0.162. The van der Waals surface area contributed by atoms with E-state index in [2.05, 4.69) is 0 Å². The minimum absolute atomic E-state index is 0.0465. The van der Waals surface area contributed by atoms with Crippen LogP contribution in [0.3, 0.4) is 0 Å². The van der Waals surface area contributed by atoms with Crippen molar-refractivity contribution in [2.24, 2.45) is 5.92 Å². The molecule has 1 atom stereocenters. The van der Waals surface area contributed by atoms with Crippen LogP contribution in [-0.4, -0.2) is 60.8 Å². The largest absolute Gasteiger partial charge is 0.495 e. The molecule has 0 N–H and O–H groups in total. The maximum Gasteiger partial charge on any atom is 0.246 e. The number of hydrogen-bond donors (Lipinski definition) is 0. The van der Waals surface area contributed by atoms with Crippen molar-refractivity contribution in [3.63, 3.8) is 0 Å². The van der Waals surface area contributed by atoms with Gasteiger partial charge in [-0.3, -0.25) is 0 Å². The summed E-state index contributed by atoms with van der Waals surface area (Å²) < 4.78 is 61.7. The standard InChI is InChI=1S/C16H25NO6S2/c1-4-23-12-13-6-5-9-17(11-13)25(20,21)16-10-14(24(3,18)19)7-8-15(16)22-2/h7-8,10,13H,4-6,9,11-12H2,1-3H3. The van der Waals surface area contributed by atoms with Gasteiger partial charge in [0.25, 0.3) is 0 Å². The molecular formula is C16H25NO6S2. The Labute approximate surface area is 149 Å². The summed E-state index contributed by atoms with van der Waals surface area (Å²) in [7, 11) is -6.02. The zero-order valence-corrected chi connectivity index (χ0v) is 16.4. The molecule has 1 aliphatic rings. The summed E-state index contributed by atoms with van der Waals surface area (Å²) in [6, 6.07) is 3.90. The zero-order chi connectivity index (χ0) is 18.7. The molecule has 1 saturated heterocycles. The van der Waals surface area contributed by atoms with E-state index < -0.39 is 19.9 Å². The van der Waals surface area contributed by atoms with Crippen molar-refractivity contribution in [2.45, 2.75) is 29.6 Å². The molecule has 2 rings (SSSR count). The van der Waals surface area contributed by atoms with Crippen LogP contribution in [0.5, 0.6) is 5.75 Å². The first-order valence-electron chi connectivity index (χ1n) is 8.16. The SMILES string of the molecule is CCOCC1CCCN(S(=O)(=O)c2cc(S(C)(=O)=O)ccc2OC)C1. The quantitative estimate of drug-likeness (QED) is 0.700.